The first-order chi connectivity index (χ1) is 13.0. The number of carbonyl (C=O) groups is 1. The fraction of sp³-hybridized carbons (Fsp3) is 0.0909. The van der Waals surface area contributed by atoms with Crippen LogP contribution in [0.15, 0.2) is 74.6 Å². The van der Waals surface area contributed by atoms with Crippen LogP contribution in [0.25, 0.3) is 0 Å². The Bertz CT molecular complexity index is 991. The molecule has 0 aliphatic rings. The van der Waals surface area contributed by atoms with Crippen molar-refractivity contribution in [2.75, 3.05) is 0 Å². The highest BCUT2D eigenvalue weighted by Crippen LogP contribution is 2.35. The van der Waals surface area contributed by atoms with E-state index in [1.807, 2.05) is 30.3 Å². The molecule has 0 aliphatic carbocycles. The molecule has 0 fully saturated rings. The third-order valence-corrected chi connectivity index (χ3v) is 5.33. The third kappa shape index (κ3) is 4.73. The SMILES string of the molecule is Cc1cccc(N=Cc2cc(Br)c(OC(=O)c3ccccc3)c(Br)c2)c1C. The van der Waals surface area contributed by atoms with E-state index >= 15 is 0 Å². The Kier molecular flexibility index (Phi) is 6.24. The molecule has 0 saturated heterocycles. The molecule has 0 unspecified atom stereocenters. The Balaban J connectivity index is 1.83. The van der Waals surface area contributed by atoms with Crippen molar-refractivity contribution in [1.29, 1.82) is 0 Å². The van der Waals surface area contributed by atoms with Gasteiger partial charge in [-0.2, -0.15) is 0 Å². The molecule has 3 aromatic rings. The summed E-state index contributed by atoms with van der Waals surface area (Å²) in [7, 11) is 0. The average molecular weight is 487 g/mol. The van der Waals surface area contributed by atoms with Crippen molar-refractivity contribution in [2.45, 2.75) is 13.8 Å². The minimum absolute atomic E-state index is 0.409. The summed E-state index contributed by atoms with van der Waals surface area (Å²) in [6, 6.07) is 18.7. The van der Waals surface area contributed by atoms with E-state index in [1.165, 1.54) is 5.56 Å². The van der Waals surface area contributed by atoms with E-state index in [-0.39, 0.29) is 0 Å². The Morgan fingerprint density at radius 1 is 0.963 bits per heavy atom. The van der Waals surface area contributed by atoms with Crippen LogP contribution >= 0.6 is 31.9 Å². The molecule has 0 saturated carbocycles. The molecular formula is C22H17Br2NO2. The highest BCUT2D eigenvalue weighted by Gasteiger charge is 2.14. The normalized spacial score (nSPS) is 11.0. The second-order valence-electron chi connectivity index (χ2n) is 6.05. The highest BCUT2D eigenvalue weighted by atomic mass is 79.9. The average Bonchev–Trinajstić information content (AvgIpc) is 2.66. The molecule has 5 heteroatoms. The number of rotatable bonds is 4. The molecule has 3 nitrogen and oxygen atoms in total. The molecule has 0 atom stereocenters. The fourth-order valence-electron chi connectivity index (χ4n) is 2.50. The van der Waals surface area contributed by atoms with Gasteiger partial charge in [-0.05, 0) is 92.7 Å². The summed E-state index contributed by atoms with van der Waals surface area (Å²) in [5, 5.41) is 0. The molecule has 27 heavy (non-hydrogen) atoms. The Morgan fingerprint density at radius 2 is 1.63 bits per heavy atom. The molecule has 136 valence electrons. The van der Waals surface area contributed by atoms with Crippen molar-refractivity contribution in [3.63, 3.8) is 0 Å². The van der Waals surface area contributed by atoms with E-state index in [0.717, 1.165) is 16.8 Å². The lowest BCUT2D eigenvalue weighted by Gasteiger charge is -2.10. The van der Waals surface area contributed by atoms with Crippen LogP contribution in [0.3, 0.4) is 0 Å². The van der Waals surface area contributed by atoms with E-state index in [0.29, 0.717) is 20.3 Å². The minimum Gasteiger partial charge on any atom is -0.421 e. The second-order valence-corrected chi connectivity index (χ2v) is 7.76. The molecule has 3 aromatic carbocycles. The summed E-state index contributed by atoms with van der Waals surface area (Å²) in [6.07, 6.45) is 1.79. The predicted molar refractivity (Wildman–Crippen MR) is 116 cm³/mol. The summed E-state index contributed by atoms with van der Waals surface area (Å²) in [5.74, 6) is 0.0292. The molecule has 0 N–H and O–H groups in total. The lowest BCUT2D eigenvalue weighted by molar-refractivity contribution is 0.0732. The maximum Gasteiger partial charge on any atom is 0.343 e. The standard InChI is InChI=1S/C22H17Br2NO2/c1-14-7-6-10-20(15(14)2)25-13-16-11-18(23)21(19(24)12-16)27-22(26)17-8-4-3-5-9-17/h3-13H,1-2H3. The van der Waals surface area contributed by atoms with Gasteiger partial charge in [0, 0.05) is 6.21 Å². The summed E-state index contributed by atoms with van der Waals surface area (Å²) < 4.78 is 6.88. The van der Waals surface area contributed by atoms with Gasteiger partial charge in [-0.15, -0.1) is 0 Å². The van der Waals surface area contributed by atoms with Gasteiger partial charge in [0.05, 0.1) is 20.2 Å². The quantitative estimate of drug-likeness (QED) is 0.231. The molecular weight excluding hydrogens is 470 g/mol. The predicted octanol–water partition coefficient (Wildman–Crippen LogP) is 6.80. The number of nitrogens with zero attached hydrogens (tertiary/aromatic N) is 1. The van der Waals surface area contributed by atoms with E-state index in [4.69, 9.17) is 4.74 Å². The molecule has 0 radical (unpaired) electrons. The van der Waals surface area contributed by atoms with E-state index in [9.17, 15) is 4.79 Å². The summed E-state index contributed by atoms with van der Waals surface area (Å²) >= 11 is 6.96. The highest BCUT2D eigenvalue weighted by molar-refractivity contribution is 9.11. The van der Waals surface area contributed by atoms with Crippen LogP contribution in [0.5, 0.6) is 5.75 Å². The zero-order valence-electron chi connectivity index (χ0n) is 14.9. The van der Waals surface area contributed by atoms with Gasteiger partial charge in [-0.3, -0.25) is 4.99 Å². The van der Waals surface area contributed by atoms with Crippen molar-refractivity contribution in [3.8, 4) is 5.75 Å². The second kappa shape index (κ2) is 8.63. The van der Waals surface area contributed by atoms with Crippen molar-refractivity contribution >= 4 is 49.7 Å². The van der Waals surface area contributed by atoms with E-state index < -0.39 is 5.97 Å². The van der Waals surface area contributed by atoms with E-state index in [2.05, 4.69) is 56.8 Å². The smallest absolute Gasteiger partial charge is 0.343 e. The van der Waals surface area contributed by atoms with Gasteiger partial charge in [0.25, 0.3) is 0 Å². The molecule has 0 spiro atoms. The van der Waals surface area contributed by atoms with Crippen LogP contribution in [0.1, 0.15) is 27.0 Å². The third-order valence-electron chi connectivity index (χ3n) is 4.15. The van der Waals surface area contributed by atoms with Crippen molar-refractivity contribution in [2.24, 2.45) is 4.99 Å². The van der Waals surface area contributed by atoms with E-state index in [1.54, 1.807) is 30.5 Å². The van der Waals surface area contributed by atoms with Crippen LogP contribution in [-0.4, -0.2) is 12.2 Å². The van der Waals surface area contributed by atoms with Crippen LogP contribution in [0.4, 0.5) is 5.69 Å². The largest absolute Gasteiger partial charge is 0.421 e. The molecule has 0 heterocycles. The van der Waals surface area contributed by atoms with Gasteiger partial charge in [0.15, 0.2) is 5.75 Å². The van der Waals surface area contributed by atoms with Crippen molar-refractivity contribution < 1.29 is 9.53 Å². The zero-order chi connectivity index (χ0) is 19.4. The van der Waals surface area contributed by atoms with Gasteiger partial charge in [-0.1, -0.05) is 30.3 Å². The summed E-state index contributed by atoms with van der Waals surface area (Å²) in [4.78, 5) is 16.9. The number of hydrogen-bond donors (Lipinski definition) is 0. The molecule has 0 aliphatic heterocycles. The number of ether oxygens (including phenoxy) is 1. The first kappa shape index (κ1) is 19.5. The maximum atomic E-state index is 12.3. The van der Waals surface area contributed by atoms with Gasteiger partial charge in [0.2, 0.25) is 0 Å². The number of aliphatic imine (C=N–C) groups is 1. The molecule has 0 aromatic heterocycles. The zero-order valence-corrected chi connectivity index (χ0v) is 18.0. The van der Waals surface area contributed by atoms with Gasteiger partial charge >= 0.3 is 5.97 Å². The van der Waals surface area contributed by atoms with Crippen molar-refractivity contribution in [3.05, 3.63) is 91.9 Å². The number of benzene rings is 3. The molecule has 3 rings (SSSR count). The van der Waals surface area contributed by atoms with Gasteiger partial charge in [0.1, 0.15) is 0 Å². The minimum atomic E-state index is -0.409. The Morgan fingerprint density at radius 3 is 2.30 bits per heavy atom. The summed E-state index contributed by atoms with van der Waals surface area (Å²) in [5.41, 5.74) is 4.67. The van der Waals surface area contributed by atoms with Gasteiger partial charge < -0.3 is 4.74 Å². The Labute approximate surface area is 175 Å². The molecule has 0 amide bonds. The fourth-order valence-corrected chi connectivity index (χ4v) is 3.88. The maximum absolute atomic E-state index is 12.3. The lowest BCUT2D eigenvalue weighted by atomic mass is 10.1. The molecule has 0 bridgehead atoms. The van der Waals surface area contributed by atoms with Crippen molar-refractivity contribution in [1.82, 2.24) is 0 Å². The van der Waals surface area contributed by atoms with Crippen LogP contribution in [0.2, 0.25) is 0 Å². The van der Waals surface area contributed by atoms with Crippen LogP contribution < -0.4 is 4.74 Å². The number of halogens is 2. The first-order valence-electron chi connectivity index (χ1n) is 8.32. The topological polar surface area (TPSA) is 38.7 Å². The lowest BCUT2D eigenvalue weighted by Crippen LogP contribution is -2.09. The number of esters is 1. The Hall–Kier alpha value is -2.24. The number of hydrogen-bond acceptors (Lipinski definition) is 3. The first-order valence-corrected chi connectivity index (χ1v) is 9.91. The summed E-state index contributed by atoms with van der Waals surface area (Å²) in [6.45, 7) is 4.12. The van der Waals surface area contributed by atoms with Crippen LogP contribution in [0, 0.1) is 13.8 Å². The number of aryl methyl sites for hydroxylation is 1. The monoisotopic (exact) mass is 485 g/mol. The van der Waals surface area contributed by atoms with Crippen LogP contribution in [-0.2, 0) is 0 Å². The number of carbonyl (C=O) groups excluding carboxylic acids is 1. The van der Waals surface area contributed by atoms with Gasteiger partial charge in [-0.25, -0.2) is 4.79 Å².